The first kappa shape index (κ1) is 14.9. The Hall–Kier alpha value is -0.160. The van der Waals surface area contributed by atoms with Crippen LogP contribution in [0.1, 0.15) is 25.7 Å². The van der Waals surface area contributed by atoms with Gasteiger partial charge in [0.15, 0.2) is 0 Å². The van der Waals surface area contributed by atoms with E-state index in [1.54, 1.807) is 7.11 Å². The van der Waals surface area contributed by atoms with E-state index in [0.29, 0.717) is 18.6 Å². The molecule has 0 aromatic heterocycles. The maximum atomic E-state index is 5.51. The second-order valence-corrected chi connectivity index (χ2v) is 4.85. The zero-order valence-electron chi connectivity index (χ0n) is 11.3. The van der Waals surface area contributed by atoms with Crippen LogP contribution in [0.5, 0.6) is 0 Å². The number of hydrogen-bond acceptors (Lipinski definition) is 4. The van der Waals surface area contributed by atoms with Crippen LogP contribution in [0.3, 0.4) is 0 Å². The van der Waals surface area contributed by atoms with Gasteiger partial charge in [0.1, 0.15) is 0 Å². The Labute approximate surface area is 105 Å². The summed E-state index contributed by atoms with van der Waals surface area (Å²) in [5.74, 6) is 0. The fourth-order valence-corrected chi connectivity index (χ4v) is 2.49. The van der Waals surface area contributed by atoms with Crippen LogP contribution in [0.2, 0.25) is 0 Å². The Bertz CT molecular complexity index is 176. The Morgan fingerprint density at radius 3 is 2.59 bits per heavy atom. The van der Waals surface area contributed by atoms with Gasteiger partial charge in [0.25, 0.3) is 0 Å². The molecule has 0 atom stereocenters. The van der Waals surface area contributed by atoms with Crippen molar-refractivity contribution in [1.82, 2.24) is 5.32 Å². The number of ether oxygens (including phenoxy) is 3. The van der Waals surface area contributed by atoms with Crippen molar-refractivity contribution in [2.75, 3.05) is 53.7 Å². The van der Waals surface area contributed by atoms with Crippen LogP contribution in [-0.2, 0) is 14.2 Å². The highest BCUT2D eigenvalue weighted by Gasteiger charge is 2.31. The molecule has 1 rings (SSSR count). The summed E-state index contributed by atoms with van der Waals surface area (Å²) in [5, 5.41) is 3.32. The first-order valence-electron chi connectivity index (χ1n) is 6.62. The lowest BCUT2D eigenvalue weighted by atomic mass is 9.76. The van der Waals surface area contributed by atoms with E-state index >= 15 is 0 Å². The molecule has 0 bridgehead atoms. The van der Waals surface area contributed by atoms with E-state index in [9.17, 15) is 0 Å². The summed E-state index contributed by atoms with van der Waals surface area (Å²) in [6.07, 6.45) is 4.70. The minimum absolute atomic E-state index is 0.428. The minimum Gasteiger partial charge on any atom is -0.382 e. The molecule has 0 spiro atoms. The van der Waals surface area contributed by atoms with Gasteiger partial charge in [-0.2, -0.15) is 0 Å². The van der Waals surface area contributed by atoms with Crippen molar-refractivity contribution in [1.29, 1.82) is 0 Å². The van der Waals surface area contributed by atoms with Gasteiger partial charge in [0.2, 0.25) is 0 Å². The van der Waals surface area contributed by atoms with Crippen molar-refractivity contribution in [3.05, 3.63) is 0 Å². The van der Waals surface area contributed by atoms with Crippen molar-refractivity contribution in [2.45, 2.75) is 25.7 Å². The zero-order valence-corrected chi connectivity index (χ0v) is 11.3. The molecule has 1 heterocycles. The third-order valence-electron chi connectivity index (χ3n) is 3.53. The molecule has 4 nitrogen and oxygen atoms in total. The summed E-state index contributed by atoms with van der Waals surface area (Å²) in [7, 11) is 3.74. The monoisotopic (exact) mass is 245 g/mol. The van der Waals surface area contributed by atoms with Gasteiger partial charge in [0.05, 0.1) is 13.2 Å². The largest absolute Gasteiger partial charge is 0.382 e. The van der Waals surface area contributed by atoms with Crippen LogP contribution in [0.25, 0.3) is 0 Å². The highest BCUT2D eigenvalue weighted by Crippen LogP contribution is 2.34. The molecule has 0 saturated carbocycles. The molecule has 0 radical (unpaired) electrons. The predicted octanol–water partition coefficient (Wildman–Crippen LogP) is 1.45. The van der Waals surface area contributed by atoms with Crippen molar-refractivity contribution < 1.29 is 14.2 Å². The van der Waals surface area contributed by atoms with Gasteiger partial charge in [-0.15, -0.1) is 0 Å². The third-order valence-corrected chi connectivity index (χ3v) is 3.53. The van der Waals surface area contributed by atoms with Gasteiger partial charge in [-0.05, 0) is 38.1 Å². The van der Waals surface area contributed by atoms with E-state index in [1.165, 1.54) is 19.3 Å². The van der Waals surface area contributed by atoms with E-state index in [0.717, 1.165) is 32.8 Å². The van der Waals surface area contributed by atoms with Gasteiger partial charge >= 0.3 is 0 Å². The first-order valence-corrected chi connectivity index (χ1v) is 6.62. The molecule has 0 aliphatic carbocycles. The highest BCUT2D eigenvalue weighted by atomic mass is 16.5. The molecule has 0 aromatic carbocycles. The molecule has 1 aliphatic heterocycles. The third kappa shape index (κ3) is 5.82. The summed E-state index contributed by atoms with van der Waals surface area (Å²) in [6.45, 7) is 5.15. The Morgan fingerprint density at radius 2 is 1.94 bits per heavy atom. The van der Waals surface area contributed by atoms with Gasteiger partial charge in [0, 0.05) is 33.5 Å². The van der Waals surface area contributed by atoms with E-state index in [-0.39, 0.29) is 0 Å². The summed E-state index contributed by atoms with van der Waals surface area (Å²) >= 11 is 0. The van der Waals surface area contributed by atoms with Crippen LogP contribution in [0.4, 0.5) is 0 Å². The Kier molecular flexibility index (Phi) is 7.77. The average molecular weight is 245 g/mol. The molecular weight excluding hydrogens is 218 g/mol. The van der Waals surface area contributed by atoms with Gasteiger partial charge in [-0.1, -0.05) is 0 Å². The first-order chi connectivity index (χ1) is 8.33. The van der Waals surface area contributed by atoms with Crippen molar-refractivity contribution in [3.63, 3.8) is 0 Å². The molecule has 0 amide bonds. The van der Waals surface area contributed by atoms with Crippen LogP contribution >= 0.6 is 0 Å². The van der Waals surface area contributed by atoms with Crippen molar-refractivity contribution >= 4 is 0 Å². The fourth-order valence-electron chi connectivity index (χ4n) is 2.49. The van der Waals surface area contributed by atoms with E-state index in [4.69, 9.17) is 14.2 Å². The van der Waals surface area contributed by atoms with Gasteiger partial charge in [-0.25, -0.2) is 0 Å². The summed E-state index contributed by atoms with van der Waals surface area (Å²) in [6, 6.07) is 0. The van der Waals surface area contributed by atoms with Crippen molar-refractivity contribution in [3.8, 4) is 0 Å². The maximum absolute atomic E-state index is 5.51. The van der Waals surface area contributed by atoms with E-state index in [1.807, 2.05) is 7.05 Å². The molecule has 1 N–H and O–H groups in total. The van der Waals surface area contributed by atoms with E-state index in [2.05, 4.69) is 5.32 Å². The van der Waals surface area contributed by atoms with Crippen molar-refractivity contribution in [2.24, 2.45) is 5.41 Å². The number of hydrogen-bond donors (Lipinski definition) is 1. The maximum Gasteiger partial charge on any atom is 0.0700 e. The normalized spacial score (nSPS) is 19.4. The molecule has 0 unspecified atom stereocenters. The SMILES string of the molecule is CNCC1(CCCOCCOC)CCOCC1. The Balaban J connectivity index is 2.15. The summed E-state index contributed by atoms with van der Waals surface area (Å²) < 4.78 is 15.9. The number of rotatable bonds is 9. The molecule has 1 fully saturated rings. The average Bonchev–Trinajstić information content (AvgIpc) is 2.35. The Morgan fingerprint density at radius 1 is 1.18 bits per heavy atom. The lowest BCUT2D eigenvalue weighted by molar-refractivity contribution is 0.00358. The molecular formula is C13H27NO3. The topological polar surface area (TPSA) is 39.7 Å². The summed E-state index contributed by atoms with van der Waals surface area (Å²) in [4.78, 5) is 0. The van der Waals surface area contributed by atoms with Crippen LogP contribution in [-0.4, -0.2) is 53.7 Å². The lowest BCUT2D eigenvalue weighted by Gasteiger charge is -2.37. The predicted molar refractivity (Wildman–Crippen MR) is 68.3 cm³/mol. The smallest absolute Gasteiger partial charge is 0.0700 e. The quantitative estimate of drug-likeness (QED) is 0.624. The minimum atomic E-state index is 0.428. The molecule has 1 aliphatic rings. The fraction of sp³-hybridized carbons (Fsp3) is 1.00. The molecule has 0 aromatic rings. The van der Waals surface area contributed by atoms with Crippen LogP contribution in [0, 0.1) is 5.41 Å². The second kappa shape index (κ2) is 8.86. The number of methoxy groups -OCH3 is 1. The molecule has 4 heteroatoms. The van der Waals surface area contributed by atoms with Crippen LogP contribution < -0.4 is 5.32 Å². The second-order valence-electron chi connectivity index (χ2n) is 4.85. The van der Waals surface area contributed by atoms with Gasteiger partial charge < -0.3 is 19.5 Å². The molecule has 17 heavy (non-hydrogen) atoms. The highest BCUT2D eigenvalue weighted by molar-refractivity contribution is 4.83. The molecule has 1 saturated heterocycles. The van der Waals surface area contributed by atoms with E-state index < -0.39 is 0 Å². The standard InChI is InChI=1S/C13H27NO3/c1-14-12-13(5-8-17-9-6-13)4-3-7-16-11-10-15-2/h14H,3-12H2,1-2H3. The molecule has 102 valence electrons. The lowest BCUT2D eigenvalue weighted by Crippen LogP contribution is -2.38. The van der Waals surface area contributed by atoms with Crippen LogP contribution in [0.15, 0.2) is 0 Å². The summed E-state index contributed by atoms with van der Waals surface area (Å²) in [5.41, 5.74) is 0.428. The zero-order chi connectivity index (χ0) is 12.4. The van der Waals surface area contributed by atoms with Gasteiger partial charge in [-0.3, -0.25) is 0 Å². The number of nitrogens with one attached hydrogen (secondary N) is 1.